The second-order valence-electron chi connectivity index (χ2n) is 6.56. The lowest BCUT2D eigenvalue weighted by molar-refractivity contribution is 0.0342. The van der Waals surface area contributed by atoms with Gasteiger partial charge in [-0.15, -0.1) is 0 Å². The van der Waals surface area contributed by atoms with Gasteiger partial charge in [-0.05, 0) is 24.6 Å². The second-order valence-corrected chi connectivity index (χ2v) is 6.56. The van der Waals surface area contributed by atoms with Gasteiger partial charge in [0.05, 0.1) is 19.8 Å². The Hall–Kier alpha value is -2.12. The molecule has 26 heavy (non-hydrogen) atoms. The molecule has 2 heterocycles. The molecule has 2 aliphatic heterocycles. The number of rotatable bonds is 4. The minimum absolute atomic E-state index is 0.0198. The van der Waals surface area contributed by atoms with Crippen LogP contribution in [0.2, 0.25) is 0 Å². The highest BCUT2D eigenvalue weighted by molar-refractivity contribution is 5.94. The van der Waals surface area contributed by atoms with Gasteiger partial charge < -0.3 is 19.3 Å². The lowest BCUT2D eigenvalue weighted by Gasteiger charge is -2.34. The summed E-state index contributed by atoms with van der Waals surface area (Å²) in [6, 6.07) is 7.85. The number of hydrogen-bond donors (Lipinski definition) is 0. The van der Waals surface area contributed by atoms with Gasteiger partial charge in [-0.25, -0.2) is 4.79 Å². The Kier molecular flexibility index (Phi) is 6.46. The molecular weight excluding hydrogens is 334 g/mol. The summed E-state index contributed by atoms with van der Waals surface area (Å²) in [5, 5.41) is 0. The molecule has 0 unspecified atom stereocenters. The quantitative estimate of drug-likeness (QED) is 0.812. The lowest BCUT2D eigenvalue weighted by Crippen LogP contribution is -2.50. The molecule has 3 rings (SSSR count). The van der Waals surface area contributed by atoms with E-state index < -0.39 is 0 Å². The van der Waals surface area contributed by atoms with E-state index >= 15 is 0 Å². The fourth-order valence-electron chi connectivity index (χ4n) is 3.26. The molecule has 7 heteroatoms. The number of benzene rings is 1. The molecule has 142 valence electrons. The minimum Gasteiger partial charge on any atom is -0.450 e. The van der Waals surface area contributed by atoms with Crippen LogP contribution < -0.4 is 0 Å². The number of piperazine rings is 1. The first-order chi connectivity index (χ1) is 12.7. The lowest BCUT2D eigenvalue weighted by atomic mass is 10.1. The Morgan fingerprint density at radius 3 is 2.19 bits per heavy atom. The Morgan fingerprint density at radius 2 is 1.58 bits per heavy atom. The first kappa shape index (κ1) is 18.7. The van der Waals surface area contributed by atoms with Crippen LogP contribution in [0.15, 0.2) is 24.3 Å². The number of nitrogens with zero attached hydrogens (tertiary/aromatic N) is 3. The van der Waals surface area contributed by atoms with Crippen molar-refractivity contribution in [2.45, 2.75) is 13.5 Å². The van der Waals surface area contributed by atoms with Gasteiger partial charge in [0.1, 0.15) is 0 Å². The van der Waals surface area contributed by atoms with Crippen molar-refractivity contribution < 1.29 is 19.1 Å². The van der Waals surface area contributed by atoms with Crippen molar-refractivity contribution in [3.8, 4) is 0 Å². The predicted octanol–water partition coefficient (Wildman–Crippen LogP) is 1.43. The number of amides is 2. The number of morpholine rings is 1. The molecule has 0 atom stereocenters. The summed E-state index contributed by atoms with van der Waals surface area (Å²) in [4.78, 5) is 30.2. The van der Waals surface area contributed by atoms with Crippen LogP contribution in [0.1, 0.15) is 22.8 Å². The van der Waals surface area contributed by atoms with Crippen molar-refractivity contribution in [3.05, 3.63) is 35.4 Å². The van der Waals surface area contributed by atoms with Crippen molar-refractivity contribution >= 4 is 12.0 Å². The number of carbonyl (C=O) groups excluding carboxylic acids is 2. The van der Waals surface area contributed by atoms with Crippen molar-refractivity contribution in [3.63, 3.8) is 0 Å². The average Bonchev–Trinajstić information content (AvgIpc) is 2.69. The first-order valence-corrected chi connectivity index (χ1v) is 9.27. The Labute approximate surface area is 154 Å². The van der Waals surface area contributed by atoms with Gasteiger partial charge in [-0.2, -0.15) is 0 Å². The summed E-state index contributed by atoms with van der Waals surface area (Å²) in [7, 11) is 0. The molecule has 2 fully saturated rings. The topological polar surface area (TPSA) is 62.3 Å². The summed E-state index contributed by atoms with van der Waals surface area (Å²) < 4.78 is 10.4. The summed E-state index contributed by atoms with van der Waals surface area (Å²) in [6.45, 7) is 8.62. The molecule has 0 radical (unpaired) electrons. The van der Waals surface area contributed by atoms with Crippen LogP contribution in [0.25, 0.3) is 0 Å². The van der Waals surface area contributed by atoms with E-state index in [1.165, 1.54) is 5.56 Å². The third kappa shape index (κ3) is 4.74. The summed E-state index contributed by atoms with van der Waals surface area (Å²) >= 11 is 0. The van der Waals surface area contributed by atoms with Crippen LogP contribution >= 0.6 is 0 Å². The Balaban J connectivity index is 1.51. The highest BCUT2D eigenvalue weighted by Gasteiger charge is 2.25. The van der Waals surface area contributed by atoms with Crippen molar-refractivity contribution in [1.82, 2.24) is 14.7 Å². The number of ether oxygens (including phenoxy) is 2. The highest BCUT2D eigenvalue weighted by Crippen LogP contribution is 2.13. The van der Waals surface area contributed by atoms with Gasteiger partial charge >= 0.3 is 6.09 Å². The smallest absolute Gasteiger partial charge is 0.409 e. The fourth-order valence-corrected chi connectivity index (χ4v) is 3.26. The van der Waals surface area contributed by atoms with E-state index in [2.05, 4.69) is 4.90 Å². The molecule has 2 saturated heterocycles. The average molecular weight is 361 g/mol. The molecule has 1 aromatic carbocycles. The van der Waals surface area contributed by atoms with E-state index in [4.69, 9.17) is 9.47 Å². The zero-order chi connectivity index (χ0) is 18.4. The number of carbonyl (C=O) groups is 2. The molecule has 2 amide bonds. The van der Waals surface area contributed by atoms with Gasteiger partial charge in [-0.3, -0.25) is 9.69 Å². The van der Waals surface area contributed by atoms with E-state index in [9.17, 15) is 9.59 Å². The molecule has 2 aliphatic rings. The maximum atomic E-state index is 12.7. The summed E-state index contributed by atoms with van der Waals surface area (Å²) in [5.41, 5.74) is 1.90. The largest absolute Gasteiger partial charge is 0.450 e. The van der Waals surface area contributed by atoms with Crippen LogP contribution in [-0.2, 0) is 16.0 Å². The maximum absolute atomic E-state index is 12.7. The van der Waals surface area contributed by atoms with Crippen molar-refractivity contribution in [2.24, 2.45) is 0 Å². The third-order valence-electron chi connectivity index (χ3n) is 4.80. The minimum atomic E-state index is -0.299. The molecule has 0 N–H and O–H groups in total. The van der Waals surface area contributed by atoms with Gasteiger partial charge in [0.15, 0.2) is 0 Å². The van der Waals surface area contributed by atoms with Crippen LogP contribution in [0.4, 0.5) is 4.79 Å². The molecule has 0 aromatic heterocycles. The van der Waals surface area contributed by atoms with Gasteiger partial charge in [-0.1, -0.05) is 12.1 Å². The fraction of sp³-hybridized carbons (Fsp3) is 0.579. The van der Waals surface area contributed by atoms with Gasteiger partial charge in [0.2, 0.25) is 0 Å². The van der Waals surface area contributed by atoms with Gasteiger partial charge in [0.25, 0.3) is 5.91 Å². The zero-order valence-corrected chi connectivity index (χ0v) is 15.4. The van der Waals surface area contributed by atoms with E-state index in [-0.39, 0.29) is 12.0 Å². The normalized spacial score (nSPS) is 18.7. The van der Waals surface area contributed by atoms with E-state index in [0.29, 0.717) is 38.3 Å². The van der Waals surface area contributed by atoms with Crippen molar-refractivity contribution in [2.75, 3.05) is 59.1 Å². The van der Waals surface area contributed by atoms with Crippen LogP contribution in [-0.4, -0.2) is 85.8 Å². The second kappa shape index (κ2) is 9.00. The van der Waals surface area contributed by atoms with E-state index in [1.54, 1.807) is 16.7 Å². The molecular formula is C19H27N3O4. The standard InChI is InChI=1S/C19H27N3O4/c1-2-26-19(24)22-9-7-21(8-10-22)18(23)17-5-3-16(4-6-17)15-20-11-13-25-14-12-20/h3-6H,2,7-15H2,1H3. The van der Waals surface area contributed by atoms with E-state index in [1.807, 2.05) is 24.3 Å². The van der Waals surface area contributed by atoms with Crippen LogP contribution in [0.5, 0.6) is 0 Å². The molecule has 0 spiro atoms. The predicted molar refractivity (Wildman–Crippen MR) is 97.0 cm³/mol. The summed E-state index contributed by atoms with van der Waals surface area (Å²) in [6.07, 6.45) is -0.299. The van der Waals surface area contributed by atoms with Crippen LogP contribution in [0, 0.1) is 0 Å². The van der Waals surface area contributed by atoms with E-state index in [0.717, 1.165) is 32.8 Å². The number of hydrogen-bond acceptors (Lipinski definition) is 5. The first-order valence-electron chi connectivity index (χ1n) is 9.27. The monoisotopic (exact) mass is 361 g/mol. The maximum Gasteiger partial charge on any atom is 0.409 e. The molecule has 0 bridgehead atoms. The molecule has 0 saturated carbocycles. The van der Waals surface area contributed by atoms with Gasteiger partial charge in [0, 0.05) is 51.4 Å². The summed E-state index contributed by atoms with van der Waals surface area (Å²) in [5.74, 6) is 0.0198. The zero-order valence-electron chi connectivity index (χ0n) is 15.4. The Bertz CT molecular complexity index is 606. The third-order valence-corrected chi connectivity index (χ3v) is 4.80. The van der Waals surface area contributed by atoms with Crippen molar-refractivity contribution in [1.29, 1.82) is 0 Å². The van der Waals surface area contributed by atoms with Crippen LogP contribution in [0.3, 0.4) is 0 Å². The molecule has 0 aliphatic carbocycles. The SMILES string of the molecule is CCOC(=O)N1CCN(C(=O)c2ccc(CN3CCOCC3)cc2)CC1. The highest BCUT2D eigenvalue weighted by atomic mass is 16.6. The molecule has 7 nitrogen and oxygen atoms in total. The molecule has 1 aromatic rings. The Morgan fingerprint density at radius 1 is 0.962 bits per heavy atom.